The van der Waals surface area contributed by atoms with E-state index < -0.39 is 0 Å². The molecule has 2 atom stereocenters. The van der Waals surface area contributed by atoms with Crippen LogP contribution in [0.3, 0.4) is 0 Å². The van der Waals surface area contributed by atoms with Gasteiger partial charge in [0.05, 0.1) is 6.10 Å². The van der Waals surface area contributed by atoms with Gasteiger partial charge in [0.2, 0.25) is 0 Å². The molecule has 3 nitrogen and oxygen atoms in total. The molecule has 0 spiro atoms. The molecule has 3 heteroatoms. The number of rotatable bonds is 2. The zero-order valence-corrected chi connectivity index (χ0v) is 9.09. The summed E-state index contributed by atoms with van der Waals surface area (Å²) in [5.74, 6) is 0. The van der Waals surface area contributed by atoms with Crippen LogP contribution >= 0.6 is 0 Å². The van der Waals surface area contributed by atoms with Crippen molar-refractivity contribution in [2.75, 3.05) is 19.7 Å². The van der Waals surface area contributed by atoms with Gasteiger partial charge >= 0.3 is 0 Å². The Balaban J connectivity index is 1.72. The van der Waals surface area contributed by atoms with E-state index in [2.05, 4.69) is 17.6 Å². The van der Waals surface area contributed by atoms with Crippen LogP contribution in [0.4, 0.5) is 0 Å². The summed E-state index contributed by atoms with van der Waals surface area (Å²) in [5, 5.41) is 7.16. The fraction of sp³-hybridized carbons (Fsp3) is 1.00. The van der Waals surface area contributed by atoms with E-state index >= 15 is 0 Å². The van der Waals surface area contributed by atoms with Crippen molar-refractivity contribution in [2.45, 2.75) is 50.8 Å². The average molecular weight is 198 g/mol. The molecule has 0 aliphatic carbocycles. The van der Waals surface area contributed by atoms with Gasteiger partial charge in [0.15, 0.2) is 0 Å². The summed E-state index contributed by atoms with van der Waals surface area (Å²) in [6.07, 6.45) is 5.39. The third-order valence-electron chi connectivity index (χ3n) is 3.30. The van der Waals surface area contributed by atoms with E-state index in [9.17, 15) is 0 Å². The Bertz CT molecular complexity index is 169. The molecule has 2 unspecified atom stereocenters. The Morgan fingerprint density at radius 1 is 1.14 bits per heavy atom. The Morgan fingerprint density at radius 2 is 1.93 bits per heavy atom. The van der Waals surface area contributed by atoms with Gasteiger partial charge in [0.1, 0.15) is 0 Å². The fourth-order valence-corrected chi connectivity index (χ4v) is 2.47. The van der Waals surface area contributed by atoms with Crippen molar-refractivity contribution in [1.82, 2.24) is 10.6 Å². The van der Waals surface area contributed by atoms with Gasteiger partial charge in [-0.2, -0.15) is 0 Å². The number of hydrogen-bond acceptors (Lipinski definition) is 3. The molecule has 2 heterocycles. The van der Waals surface area contributed by atoms with Crippen molar-refractivity contribution in [3.8, 4) is 0 Å². The molecule has 2 N–H and O–H groups in total. The smallest absolute Gasteiger partial charge is 0.0561 e. The fourth-order valence-electron chi connectivity index (χ4n) is 2.47. The van der Waals surface area contributed by atoms with Crippen molar-refractivity contribution >= 4 is 0 Å². The standard InChI is InChI=1S/C11H22N2O/c1-9-8-11(4-7-14-9)13-10-2-5-12-6-3-10/h9-13H,2-8H2,1H3. The summed E-state index contributed by atoms with van der Waals surface area (Å²) in [4.78, 5) is 0. The van der Waals surface area contributed by atoms with Gasteiger partial charge in [0.25, 0.3) is 0 Å². The van der Waals surface area contributed by atoms with Gasteiger partial charge in [-0.3, -0.25) is 0 Å². The molecule has 0 saturated carbocycles. The first-order valence-corrected chi connectivity index (χ1v) is 5.93. The van der Waals surface area contributed by atoms with Crippen LogP contribution in [0.1, 0.15) is 32.6 Å². The summed E-state index contributed by atoms with van der Waals surface area (Å²) in [7, 11) is 0. The summed E-state index contributed by atoms with van der Waals surface area (Å²) in [6.45, 7) is 5.47. The van der Waals surface area contributed by atoms with Gasteiger partial charge in [0, 0.05) is 18.7 Å². The molecule has 0 aromatic carbocycles. The number of hydrogen-bond donors (Lipinski definition) is 2. The zero-order valence-electron chi connectivity index (χ0n) is 9.09. The topological polar surface area (TPSA) is 33.3 Å². The molecule has 2 aliphatic heterocycles. The maximum atomic E-state index is 5.54. The van der Waals surface area contributed by atoms with Gasteiger partial charge < -0.3 is 15.4 Å². The number of ether oxygens (including phenoxy) is 1. The van der Waals surface area contributed by atoms with E-state index in [1.165, 1.54) is 38.8 Å². The normalized spacial score (nSPS) is 35.8. The van der Waals surface area contributed by atoms with Crippen molar-refractivity contribution in [1.29, 1.82) is 0 Å². The quantitative estimate of drug-likeness (QED) is 0.691. The lowest BCUT2D eigenvalue weighted by atomic mass is 10.00. The lowest BCUT2D eigenvalue weighted by Crippen LogP contribution is -2.47. The van der Waals surface area contributed by atoms with E-state index in [1.54, 1.807) is 0 Å². The highest BCUT2D eigenvalue weighted by atomic mass is 16.5. The summed E-state index contributed by atoms with van der Waals surface area (Å²) in [5.41, 5.74) is 0. The van der Waals surface area contributed by atoms with Crippen LogP contribution in [0.15, 0.2) is 0 Å². The number of piperidine rings is 1. The monoisotopic (exact) mass is 198 g/mol. The minimum absolute atomic E-state index is 0.447. The second-order valence-electron chi connectivity index (χ2n) is 4.59. The Kier molecular flexibility index (Phi) is 3.79. The van der Waals surface area contributed by atoms with Crippen LogP contribution in [0.25, 0.3) is 0 Å². The predicted molar refractivity (Wildman–Crippen MR) is 57.5 cm³/mol. The van der Waals surface area contributed by atoms with Crippen LogP contribution in [-0.2, 0) is 4.74 Å². The van der Waals surface area contributed by atoms with Crippen LogP contribution in [0, 0.1) is 0 Å². The molecule has 82 valence electrons. The molecule has 0 radical (unpaired) electrons. The highest BCUT2D eigenvalue weighted by molar-refractivity contribution is 4.81. The zero-order chi connectivity index (χ0) is 9.80. The first kappa shape index (κ1) is 10.4. The minimum atomic E-state index is 0.447. The maximum absolute atomic E-state index is 5.54. The Labute approximate surface area is 86.6 Å². The van der Waals surface area contributed by atoms with E-state index in [4.69, 9.17) is 4.74 Å². The van der Waals surface area contributed by atoms with Crippen LogP contribution < -0.4 is 10.6 Å². The molecule has 2 saturated heterocycles. The first-order chi connectivity index (χ1) is 6.84. The minimum Gasteiger partial charge on any atom is -0.378 e. The summed E-state index contributed by atoms with van der Waals surface area (Å²) >= 11 is 0. The van der Waals surface area contributed by atoms with Crippen molar-refractivity contribution in [2.24, 2.45) is 0 Å². The highest BCUT2D eigenvalue weighted by Gasteiger charge is 2.22. The molecular weight excluding hydrogens is 176 g/mol. The van der Waals surface area contributed by atoms with E-state index in [0.29, 0.717) is 12.1 Å². The second-order valence-corrected chi connectivity index (χ2v) is 4.59. The maximum Gasteiger partial charge on any atom is 0.0561 e. The Morgan fingerprint density at radius 3 is 2.64 bits per heavy atom. The Hall–Kier alpha value is -0.120. The van der Waals surface area contributed by atoms with E-state index in [-0.39, 0.29) is 0 Å². The van der Waals surface area contributed by atoms with E-state index in [0.717, 1.165) is 12.6 Å². The molecule has 2 fully saturated rings. The molecule has 2 aliphatic rings. The van der Waals surface area contributed by atoms with Gasteiger partial charge in [-0.1, -0.05) is 0 Å². The third-order valence-corrected chi connectivity index (χ3v) is 3.30. The van der Waals surface area contributed by atoms with Crippen molar-refractivity contribution in [3.63, 3.8) is 0 Å². The largest absolute Gasteiger partial charge is 0.378 e. The molecule has 0 amide bonds. The molecule has 0 bridgehead atoms. The molecular formula is C11H22N2O. The van der Waals surface area contributed by atoms with Gasteiger partial charge in [-0.25, -0.2) is 0 Å². The van der Waals surface area contributed by atoms with Crippen molar-refractivity contribution < 1.29 is 4.74 Å². The number of nitrogens with one attached hydrogen (secondary N) is 2. The average Bonchev–Trinajstić information content (AvgIpc) is 2.19. The first-order valence-electron chi connectivity index (χ1n) is 5.93. The summed E-state index contributed by atoms with van der Waals surface area (Å²) in [6, 6.07) is 1.44. The lowest BCUT2D eigenvalue weighted by molar-refractivity contribution is 0.0105. The summed E-state index contributed by atoms with van der Waals surface area (Å²) < 4.78 is 5.54. The van der Waals surface area contributed by atoms with E-state index in [1.807, 2.05) is 0 Å². The van der Waals surface area contributed by atoms with Crippen LogP contribution in [0.2, 0.25) is 0 Å². The molecule has 2 rings (SSSR count). The third kappa shape index (κ3) is 2.94. The van der Waals surface area contributed by atoms with Crippen molar-refractivity contribution in [3.05, 3.63) is 0 Å². The van der Waals surface area contributed by atoms with Gasteiger partial charge in [-0.15, -0.1) is 0 Å². The lowest BCUT2D eigenvalue weighted by Gasteiger charge is -2.33. The van der Waals surface area contributed by atoms with Gasteiger partial charge in [-0.05, 0) is 45.7 Å². The van der Waals surface area contributed by atoms with Crippen LogP contribution in [0.5, 0.6) is 0 Å². The second kappa shape index (κ2) is 5.10. The van der Waals surface area contributed by atoms with Crippen LogP contribution in [-0.4, -0.2) is 37.9 Å². The molecule has 0 aromatic heterocycles. The molecule has 0 aromatic rings. The molecule has 14 heavy (non-hydrogen) atoms. The predicted octanol–water partition coefficient (Wildman–Crippen LogP) is 0.895. The highest BCUT2D eigenvalue weighted by Crippen LogP contribution is 2.15. The SMILES string of the molecule is CC1CC(NC2CCNCC2)CCO1.